The molecule has 0 aromatic heterocycles. The first-order chi connectivity index (χ1) is 8.52. The summed E-state index contributed by atoms with van der Waals surface area (Å²) in [5.41, 5.74) is 1.09. The Balaban J connectivity index is 2.41. The summed E-state index contributed by atoms with van der Waals surface area (Å²) in [5.74, 6) is -0.0721. The average Bonchev–Trinajstić information content (AvgIpc) is 2.36. The number of benzene rings is 1. The Bertz CT molecular complexity index is 423. The quantitative estimate of drug-likeness (QED) is 0.894. The second-order valence-electron chi connectivity index (χ2n) is 3.63. The number of carbonyl (C=O) groups is 2. The second kappa shape index (κ2) is 7.28. The van der Waals surface area contributed by atoms with Gasteiger partial charge < -0.3 is 5.32 Å². The SMILES string of the molecule is CNC(=O)NC(=O)CSC(C)c1ccc(Cl)cc1. The molecule has 0 aliphatic rings. The minimum atomic E-state index is -0.486. The van der Waals surface area contributed by atoms with E-state index in [1.807, 2.05) is 31.2 Å². The van der Waals surface area contributed by atoms with Gasteiger partial charge in [0.05, 0.1) is 5.75 Å². The summed E-state index contributed by atoms with van der Waals surface area (Å²) in [6.45, 7) is 2.00. The highest BCUT2D eigenvalue weighted by Crippen LogP contribution is 2.28. The van der Waals surface area contributed by atoms with Gasteiger partial charge in [0, 0.05) is 17.3 Å². The summed E-state index contributed by atoms with van der Waals surface area (Å²) < 4.78 is 0. The number of carbonyl (C=O) groups excluding carboxylic acids is 2. The van der Waals surface area contributed by atoms with Gasteiger partial charge in [-0.05, 0) is 24.6 Å². The summed E-state index contributed by atoms with van der Waals surface area (Å²) in [4.78, 5) is 22.3. The van der Waals surface area contributed by atoms with E-state index in [0.717, 1.165) is 5.56 Å². The molecular formula is C12H15ClN2O2S. The molecule has 0 saturated heterocycles. The Morgan fingerprint density at radius 3 is 2.50 bits per heavy atom. The van der Waals surface area contributed by atoms with E-state index >= 15 is 0 Å². The molecule has 0 bridgehead atoms. The summed E-state index contributed by atoms with van der Waals surface area (Å²) in [7, 11) is 1.46. The molecule has 0 radical (unpaired) electrons. The van der Waals surface area contributed by atoms with Crippen molar-refractivity contribution in [2.24, 2.45) is 0 Å². The van der Waals surface area contributed by atoms with Crippen molar-refractivity contribution in [3.05, 3.63) is 34.9 Å². The summed E-state index contributed by atoms with van der Waals surface area (Å²) in [6, 6.07) is 7.00. The first-order valence-electron chi connectivity index (χ1n) is 5.41. The van der Waals surface area contributed by atoms with Crippen molar-refractivity contribution in [1.29, 1.82) is 0 Å². The number of imide groups is 1. The molecule has 6 heteroatoms. The van der Waals surface area contributed by atoms with E-state index in [4.69, 9.17) is 11.6 Å². The minimum absolute atomic E-state index is 0.165. The van der Waals surface area contributed by atoms with E-state index in [2.05, 4.69) is 10.6 Å². The maximum Gasteiger partial charge on any atom is 0.321 e. The lowest BCUT2D eigenvalue weighted by Gasteiger charge is -2.11. The molecule has 0 aliphatic heterocycles. The molecular weight excluding hydrogens is 272 g/mol. The molecule has 0 saturated carbocycles. The van der Waals surface area contributed by atoms with Crippen LogP contribution in [0.1, 0.15) is 17.7 Å². The lowest BCUT2D eigenvalue weighted by Crippen LogP contribution is -2.38. The van der Waals surface area contributed by atoms with Crippen LogP contribution in [0.2, 0.25) is 5.02 Å². The third-order valence-corrected chi connectivity index (χ3v) is 3.74. The van der Waals surface area contributed by atoms with Gasteiger partial charge in [0.1, 0.15) is 0 Å². The van der Waals surface area contributed by atoms with Crippen LogP contribution in [0.25, 0.3) is 0 Å². The van der Waals surface area contributed by atoms with E-state index in [0.29, 0.717) is 5.02 Å². The molecule has 1 aromatic carbocycles. The third kappa shape index (κ3) is 4.98. The summed E-state index contributed by atoms with van der Waals surface area (Å²) in [6.07, 6.45) is 0. The molecule has 0 fully saturated rings. The van der Waals surface area contributed by atoms with Crippen LogP contribution in [0.3, 0.4) is 0 Å². The molecule has 98 valence electrons. The van der Waals surface area contributed by atoms with Crippen LogP contribution in [0, 0.1) is 0 Å². The average molecular weight is 287 g/mol. The van der Waals surface area contributed by atoms with Crippen LogP contribution < -0.4 is 10.6 Å². The normalized spacial score (nSPS) is 11.7. The number of rotatable bonds is 4. The second-order valence-corrected chi connectivity index (χ2v) is 5.40. The molecule has 1 unspecified atom stereocenters. The van der Waals surface area contributed by atoms with Gasteiger partial charge in [-0.15, -0.1) is 11.8 Å². The zero-order valence-corrected chi connectivity index (χ0v) is 11.8. The molecule has 3 amide bonds. The van der Waals surface area contributed by atoms with Gasteiger partial charge >= 0.3 is 6.03 Å². The highest BCUT2D eigenvalue weighted by atomic mass is 35.5. The van der Waals surface area contributed by atoms with Crippen LogP contribution in [-0.4, -0.2) is 24.7 Å². The van der Waals surface area contributed by atoms with Gasteiger partial charge in [-0.25, -0.2) is 4.79 Å². The maximum atomic E-state index is 11.4. The molecule has 4 nitrogen and oxygen atoms in total. The van der Waals surface area contributed by atoms with Crippen LogP contribution >= 0.6 is 23.4 Å². The first kappa shape index (κ1) is 14.9. The van der Waals surface area contributed by atoms with E-state index < -0.39 is 6.03 Å². The fraction of sp³-hybridized carbons (Fsp3) is 0.333. The minimum Gasteiger partial charge on any atom is -0.341 e. The number of nitrogens with one attached hydrogen (secondary N) is 2. The van der Waals surface area contributed by atoms with E-state index in [-0.39, 0.29) is 16.9 Å². The number of hydrogen-bond acceptors (Lipinski definition) is 3. The third-order valence-electron chi connectivity index (χ3n) is 2.28. The lowest BCUT2D eigenvalue weighted by molar-refractivity contribution is -0.117. The maximum absolute atomic E-state index is 11.4. The van der Waals surface area contributed by atoms with Crippen molar-refractivity contribution in [3.63, 3.8) is 0 Å². The van der Waals surface area contributed by atoms with Crippen molar-refractivity contribution < 1.29 is 9.59 Å². The largest absolute Gasteiger partial charge is 0.341 e. The van der Waals surface area contributed by atoms with Crippen molar-refractivity contribution in [1.82, 2.24) is 10.6 Å². The summed E-state index contributed by atoms with van der Waals surface area (Å²) in [5, 5.41) is 5.39. The Hall–Kier alpha value is -1.20. The standard InChI is InChI=1S/C12H15ClN2O2S/c1-8(9-3-5-10(13)6-4-9)18-7-11(16)15-12(17)14-2/h3-6,8H,7H2,1-2H3,(H2,14,15,16,17). The molecule has 0 spiro atoms. The molecule has 1 atom stereocenters. The van der Waals surface area contributed by atoms with E-state index in [1.165, 1.54) is 18.8 Å². The number of thioether (sulfide) groups is 1. The predicted molar refractivity (Wildman–Crippen MR) is 74.9 cm³/mol. The van der Waals surface area contributed by atoms with Gasteiger partial charge in [-0.1, -0.05) is 23.7 Å². The van der Waals surface area contributed by atoms with Crippen molar-refractivity contribution in [2.45, 2.75) is 12.2 Å². The van der Waals surface area contributed by atoms with Crippen LogP contribution in [0.5, 0.6) is 0 Å². The van der Waals surface area contributed by atoms with Crippen molar-refractivity contribution in [3.8, 4) is 0 Å². The number of halogens is 1. The molecule has 1 aromatic rings. The molecule has 18 heavy (non-hydrogen) atoms. The fourth-order valence-corrected chi connectivity index (χ4v) is 2.21. The molecule has 1 rings (SSSR count). The zero-order chi connectivity index (χ0) is 13.5. The van der Waals surface area contributed by atoms with Crippen molar-refractivity contribution >= 4 is 35.3 Å². The fourth-order valence-electron chi connectivity index (χ4n) is 1.26. The first-order valence-corrected chi connectivity index (χ1v) is 6.84. The topological polar surface area (TPSA) is 58.2 Å². The molecule has 0 aliphatic carbocycles. The lowest BCUT2D eigenvalue weighted by atomic mass is 10.2. The van der Waals surface area contributed by atoms with E-state index in [9.17, 15) is 9.59 Å². The Morgan fingerprint density at radius 1 is 1.33 bits per heavy atom. The van der Waals surface area contributed by atoms with Gasteiger partial charge in [0.25, 0.3) is 0 Å². The Morgan fingerprint density at radius 2 is 1.94 bits per heavy atom. The number of amides is 3. The van der Waals surface area contributed by atoms with E-state index in [1.54, 1.807) is 0 Å². The van der Waals surface area contributed by atoms with Gasteiger partial charge in [0.15, 0.2) is 0 Å². The summed E-state index contributed by atoms with van der Waals surface area (Å²) >= 11 is 7.26. The van der Waals surface area contributed by atoms with Gasteiger partial charge in [0.2, 0.25) is 5.91 Å². The van der Waals surface area contributed by atoms with Crippen molar-refractivity contribution in [2.75, 3.05) is 12.8 Å². The van der Waals surface area contributed by atoms with Gasteiger partial charge in [-0.3, -0.25) is 10.1 Å². The molecule has 2 N–H and O–H groups in total. The highest BCUT2D eigenvalue weighted by Gasteiger charge is 2.10. The monoisotopic (exact) mass is 286 g/mol. The van der Waals surface area contributed by atoms with Crippen LogP contribution in [0.15, 0.2) is 24.3 Å². The Labute approximate surface area is 115 Å². The van der Waals surface area contributed by atoms with Crippen LogP contribution in [0.4, 0.5) is 4.79 Å². The number of hydrogen-bond donors (Lipinski definition) is 2. The molecule has 0 heterocycles. The smallest absolute Gasteiger partial charge is 0.321 e. The van der Waals surface area contributed by atoms with Crippen LogP contribution in [-0.2, 0) is 4.79 Å². The number of urea groups is 1. The Kier molecular flexibility index (Phi) is 6.01. The highest BCUT2D eigenvalue weighted by molar-refractivity contribution is 8.00. The predicted octanol–water partition coefficient (Wildman–Crippen LogP) is 2.59. The zero-order valence-electron chi connectivity index (χ0n) is 10.2. The van der Waals surface area contributed by atoms with Gasteiger partial charge in [-0.2, -0.15) is 0 Å².